The lowest BCUT2D eigenvalue weighted by molar-refractivity contribution is -0.114. The molecular formula is C20H23N5OS. The third-order valence-electron chi connectivity index (χ3n) is 4.98. The molecule has 4 rings (SSSR count). The summed E-state index contributed by atoms with van der Waals surface area (Å²) in [5.41, 5.74) is 15.4. The number of rotatable bonds is 4. The van der Waals surface area contributed by atoms with Crippen molar-refractivity contribution >= 4 is 29.0 Å². The zero-order valence-electron chi connectivity index (χ0n) is 15.0. The Morgan fingerprint density at radius 1 is 1.19 bits per heavy atom. The van der Waals surface area contributed by atoms with Crippen molar-refractivity contribution in [1.29, 1.82) is 0 Å². The van der Waals surface area contributed by atoms with Gasteiger partial charge in [0.1, 0.15) is 11.1 Å². The molecule has 1 aromatic carbocycles. The Bertz CT molecular complexity index is 856. The zero-order valence-corrected chi connectivity index (χ0v) is 15.8. The predicted molar refractivity (Wildman–Crippen MR) is 110 cm³/mol. The highest BCUT2D eigenvalue weighted by Gasteiger charge is 2.34. The van der Waals surface area contributed by atoms with Gasteiger partial charge < -0.3 is 21.3 Å². The van der Waals surface area contributed by atoms with E-state index in [1.54, 1.807) is 18.0 Å². The maximum absolute atomic E-state index is 12.1. The second-order valence-electron chi connectivity index (χ2n) is 6.85. The number of pyridine rings is 1. The summed E-state index contributed by atoms with van der Waals surface area (Å²) in [6.45, 7) is 1.74. The first-order valence-corrected chi connectivity index (χ1v) is 10.0. The van der Waals surface area contributed by atoms with E-state index < -0.39 is 5.91 Å². The summed E-state index contributed by atoms with van der Waals surface area (Å²) in [7, 11) is 0. The van der Waals surface area contributed by atoms with Crippen molar-refractivity contribution in [2.24, 2.45) is 11.5 Å². The molecule has 0 aliphatic carbocycles. The van der Waals surface area contributed by atoms with E-state index in [-0.39, 0.29) is 11.4 Å². The Morgan fingerprint density at radius 3 is 2.74 bits per heavy atom. The molecule has 3 heterocycles. The average Bonchev–Trinajstić information content (AvgIpc) is 3.14. The molecule has 0 saturated carbocycles. The molecule has 7 heteroatoms. The molecular weight excluding hydrogens is 358 g/mol. The quantitative estimate of drug-likeness (QED) is 0.846. The molecule has 2 atom stereocenters. The number of carbonyl (C=O) groups is 1. The third kappa shape index (κ3) is 3.52. The number of thioether (sulfide) groups is 1. The number of nitrogens with two attached hydrogens (primary N) is 2. The number of hydrogen-bond acceptors (Lipinski definition) is 6. The van der Waals surface area contributed by atoms with Crippen LogP contribution >= 0.6 is 11.8 Å². The molecule has 1 unspecified atom stereocenters. The van der Waals surface area contributed by atoms with E-state index in [0.717, 1.165) is 42.9 Å². The second kappa shape index (κ2) is 7.62. The van der Waals surface area contributed by atoms with Crippen LogP contribution in [0.4, 0.5) is 11.4 Å². The van der Waals surface area contributed by atoms with E-state index in [9.17, 15) is 4.79 Å². The van der Waals surface area contributed by atoms with Gasteiger partial charge in [-0.2, -0.15) is 0 Å². The van der Waals surface area contributed by atoms with Crippen LogP contribution in [0.2, 0.25) is 0 Å². The average molecular weight is 382 g/mol. The molecule has 2 aliphatic heterocycles. The largest absolute Gasteiger partial charge is 0.368 e. The van der Waals surface area contributed by atoms with Gasteiger partial charge in [0.15, 0.2) is 0 Å². The topological polar surface area (TPSA) is 88.5 Å². The van der Waals surface area contributed by atoms with Crippen LogP contribution in [0.3, 0.4) is 0 Å². The molecule has 1 aromatic heterocycles. The van der Waals surface area contributed by atoms with Gasteiger partial charge in [0, 0.05) is 30.7 Å². The minimum atomic E-state index is -0.439. The second-order valence-corrected chi connectivity index (χ2v) is 7.80. The first-order valence-electron chi connectivity index (χ1n) is 9.09. The van der Waals surface area contributed by atoms with Crippen LogP contribution in [0.25, 0.3) is 0 Å². The molecule has 2 aliphatic rings. The van der Waals surface area contributed by atoms with E-state index in [2.05, 4.69) is 22.0 Å². The molecule has 0 radical (unpaired) electrons. The first kappa shape index (κ1) is 17.9. The summed E-state index contributed by atoms with van der Waals surface area (Å²) < 4.78 is 0. The summed E-state index contributed by atoms with van der Waals surface area (Å²) in [5.74, 6) is -0.439. The Kier molecular flexibility index (Phi) is 5.05. The zero-order chi connectivity index (χ0) is 18.8. The van der Waals surface area contributed by atoms with Gasteiger partial charge in [-0.1, -0.05) is 30.3 Å². The first-order chi connectivity index (χ1) is 13.1. The molecule has 4 N–H and O–H groups in total. The van der Waals surface area contributed by atoms with Crippen LogP contribution in [0.1, 0.15) is 23.8 Å². The monoisotopic (exact) mass is 381 g/mol. The maximum atomic E-state index is 12.1. The number of amides is 1. The van der Waals surface area contributed by atoms with Gasteiger partial charge in [0.05, 0.1) is 17.6 Å². The van der Waals surface area contributed by atoms with E-state index in [0.29, 0.717) is 5.70 Å². The van der Waals surface area contributed by atoms with E-state index in [4.69, 9.17) is 11.5 Å². The number of benzene rings is 1. The minimum Gasteiger partial charge on any atom is -0.368 e. The fourth-order valence-corrected chi connectivity index (χ4v) is 4.86. The van der Waals surface area contributed by atoms with Crippen molar-refractivity contribution in [2.75, 3.05) is 22.9 Å². The van der Waals surface area contributed by atoms with Gasteiger partial charge in [0.25, 0.3) is 5.91 Å². The Balaban J connectivity index is 1.77. The van der Waals surface area contributed by atoms with Crippen LogP contribution in [-0.4, -0.2) is 30.0 Å². The number of nitrogens with zero attached hydrogens (tertiary/aromatic N) is 3. The summed E-state index contributed by atoms with van der Waals surface area (Å²) in [6, 6.07) is 12.3. The maximum Gasteiger partial charge on any atom is 0.265 e. The molecule has 1 saturated heterocycles. The molecule has 0 bridgehead atoms. The normalized spacial score (nSPS) is 22.6. The number of piperidine rings is 1. The van der Waals surface area contributed by atoms with Gasteiger partial charge in [-0.3, -0.25) is 9.78 Å². The molecule has 1 amide bonds. The van der Waals surface area contributed by atoms with Crippen molar-refractivity contribution in [3.63, 3.8) is 0 Å². The molecule has 0 spiro atoms. The minimum absolute atomic E-state index is 0.0601. The van der Waals surface area contributed by atoms with Crippen LogP contribution in [0, 0.1) is 0 Å². The third-order valence-corrected chi connectivity index (χ3v) is 6.08. The number of aromatic nitrogens is 1. The van der Waals surface area contributed by atoms with Gasteiger partial charge in [0.2, 0.25) is 0 Å². The molecule has 6 nitrogen and oxygen atoms in total. The lowest BCUT2D eigenvalue weighted by atomic mass is 10.1. The molecule has 2 aromatic rings. The van der Waals surface area contributed by atoms with Crippen molar-refractivity contribution in [3.05, 3.63) is 65.5 Å². The van der Waals surface area contributed by atoms with Crippen molar-refractivity contribution in [3.8, 4) is 0 Å². The van der Waals surface area contributed by atoms with Gasteiger partial charge in [-0.05, 0) is 24.5 Å². The van der Waals surface area contributed by atoms with Crippen LogP contribution in [-0.2, 0) is 4.79 Å². The van der Waals surface area contributed by atoms with Gasteiger partial charge >= 0.3 is 0 Å². The highest BCUT2D eigenvalue weighted by Crippen LogP contribution is 2.47. The smallest absolute Gasteiger partial charge is 0.265 e. The van der Waals surface area contributed by atoms with E-state index in [1.807, 2.05) is 40.8 Å². The van der Waals surface area contributed by atoms with Crippen molar-refractivity contribution in [1.82, 2.24) is 4.98 Å². The fraction of sp³-hybridized carbons (Fsp3) is 0.300. The van der Waals surface area contributed by atoms with Crippen molar-refractivity contribution < 1.29 is 4.79 Å². The summed E-state index contributed by atoms with van der Waals surface area (Å²) in [5, 5.41) is 1.79. The van der Waals surface area contributed by atoms with E-state index in [1.165, 1.54) is 0 Å². The molecule has 27 heavy (non-hydrogen) atoms. The molecule has 1 fully saturated rings. The predicted octanol–water partition coefficient (Wildman–Crippen LogP) is 2.59. The van der Waals surface area contributed by atoms with Crippen LogP contribution in [0.15, 0.2) is 59.9 Å². The van der Waals surface area contributed by atoms with Crippen LogP contribution in [0.5, 0.6) is 0 Å². The molecule has 140 valence electrons. The summed E-state index contributed by atoms with van der Waals surface area (Å²) in [6.07, 6.45) is 5.69. The van der Waals surface area contributed by atoms with Crippen molar-refractivity contribution in [2.45, 2.75) is 24.3 Å². The van der Waals surface area contributed by atoms with Gasteiger partial charge in [-0.15, -0.1) is 11.8 Å². The van der Waals surface area contributed by atoms with E-state index >= 15 is 0 Å². The SMILES string of the molecule is NC(=O)C1=CS[C@@H](c2ccccc2)N1c1cnccc1N1CCCC(N)C1. The Labute approximate surface area is 163 Å². The Hall–Kier alpha value is -2.51. The highest BCUT2D eigenvalue weighted by molar-refractivity contribution is 8.02. The number of hydrogen-bond donors (Lipinski definition) is 2. The lowest BCUT2D eigenvalue weighted by Crippen LogP contribution is -2.43. The Morgan fingerprint density at radius 2 is 2.00 bits per heavy atom. The fourth-order valence-electron chi connectivity index (χ4n) is 3.71. The number of primary amides is 1. The standard InChI is InChI=1S/C20H23N5OS/c21-15-7-4-10-24(12-15)16-8-9-23-11-17(16)25-18(19(22)26)13-27-20(25)14-5-2-1-3-6-14/h1-3,5-6,8-9,11,13,15,20H,4,7,10,12,21H2,(H2,22,26)/t15?,20-/m0/s1. The van der Waals surface area contributed by atoms with Crippen LogP contribution < -0.4 is 21.3 Å². The number of anilines is 2. The van der Waals surface area contributed by atoms with Gasteiger partial charge in [-0.25, -0.2) is 0 Å². The summed E-state index contributed by atoms with van der Waals surface area (Å²) in [4.78, 5) is 20.8. The highest BCUT2D eigenvalue weighted by atomic mass is 32.2. The summed E-state index contributed by atoms with van der Waals surface area (Å²) >= 11 is 1.58. The lowest BCUT2D eigenvalue weighted by Gasteiger charge is -2.37. The number of carbonyl (C=O) groups excluding carboxylic acids is 1.